The lowest BCUT2D eigenvalue weighted by Crippen LogP contribution is -2.74. The Morgan fingerprint density at radius 2 is 1.42 bits per heavy atom. The number of hydrogen-bond donors (Lipinski definition) is 3. The third-order valence-electron chi connectivity index (χ3n) is 2.30. The number of methoxy groups -OCH3 is 1. The molecule has 0 heterocycles. The smallest absolute Gasteiger partial charge is 0.346 e. The second-order valence-corrected chi connectivity index (χ2v) is 4.22. The van der Waals surface area contributed by atoms with Crippen LogP contribution in [-0.2, 0) is 14.3 Å². The quantitative estimate of drug-likeness (QED) is 0.325. The van der Waals surface area contributed by atoms with Gasteiger partial charge in [-0.1, -0.05) is 0 Å². The normalized spacial score (nSPS) is 10.8. The second kappa shape index (κ2) is 15.9. The Kier molecular flexibility index (Phi) is 19.1. The number of quaternary nitrogens is 1. The van der Waals surface area contributed by atoms with Gasteiger partial charge < -0.3 is 51.3 Å². The van der Waals surface area contributed by atoms with E-state index in [1.165, 1.54) is 31.4 Å². The van der Waals surface area contributed by atoms with Crippen molar-refractivity contribution in [2.75, 3.05) is 21.2 Å². The van der Waals surface area contributed by atoms with Gasteiger partial charge in [0.05, 0.1) is 32.7 Å². The molecule has 0 unspecified atom stereocenters. The average Bonchev–Trinajstić information content (AvgIpc) is 2.53. The van der Waals surface area contributed by atoms with E-state index in [0.717, 1.165) is 0 Å². The van der Waals surface area contributed by atoms with Gasteiger partial charge in [-0.2, -0.15) is 0 Å². The first kappa shape index (κ1) is 31.2. The summed E-state index contributed by atoms with van der Waals surface area (Å²) in [5, 5.41) is 30.2. The van der Waals surface area contributed by atoms with E-state index in [1.807, 2.05) is 19.4 Å². The third-order valence-corrected chi connectivity index (χ3v) is 2.30. The van der Waals surface area contributed by atoms with Gasteiger partial charge in [0.2, 0.25) is 0 Å². The Hall–Kier alpha value is -2.61. The number of carboxylic acids is 1. The van der Waals surface area contributed by atoms with Gasteiger partial charge in [0.25, 0.3) is 0 Å². The summed E-state index contributed by atoms with van der Waals surface area (Å²) in [5.41, 5.74) is -0.0192. The molecule has 0 fully saturated rings. The largest absolute Gasteiger partial charge is 0.547 e. The molecule has 1 aromatic carbocycles. The van der Waals surface area contributed by atoms with Crippen LogP contribution in [-0.4, -0.2) is 78.0 Å². The number of hydrogen-bond acceptors (Lipinski definition) is 8. The van der Waals surface area contributed by atoms with Crippen LogP contribution in [0.5, 0.6) is 5.75 Å². The Bertz CT molecular complexity index is 532. The van der Waals surface area contributed by atoms with Crippen molar-refractivity contribution >= 4 is 17.9 Å². The summed E-state index contributed by atoms with van der Waals surface area (Å²) in [4.78, 5) is 33.0. The molecule has 0 aliphatic heterocycles. The first-order valence-corrected chi connectivity index (χ1v) is 6.49. The van der Waals surface area contributed by atoms with Crippen LogP contribution < -0.4 is 15.2 Å². The summed E-state index contributed by atoms with van der Waals surface area (Å²) in [7, 11) is 5.43. The molecule has 12 nitrogen and oxygen atoms in total. The number of esters is 2. The average molecular weight is 383 g/mol. The van der Waals surface area contributed by atoms with Crippen molar-refractivity contribution in [2.24, 2.45) is 0 Å². The molecule has 0 bridgehead atoms. The lowest BCUT2D eigenvalue weighted by molar-refractivity contribution is -0.597. The summed E-state index contributed by atoms with van der Waals surface area (Å²) in [6.45, 7) is 0. The number of aliphatic hydroxyl groups excluding tert-OH is 2. The van der Waals surface area contributed by atoms with Crippen molar-refractivity contribution in [3.05, 3.63) is 29.8 Å². The van der Waals surface area contributed by atoms with E-state index in [1.54, 1.807) is 0 Å². The zero-order chi connectivity index (χ0) is 18.0. The third kappa shape index (κ3) is 10.3. The zero-order valence-electron chi connectivity index (χ0n) is 14.4. The first-order chi connectivity index (χ1) is 10.8. The Morgan fingerprint density at radius 3 is 1.77 bits per heavy atom. The molecule has 0 radical (unpaired) electrons. The molecular formula is C14H25NO11. The number of aliphatic hydroxyl groups is 2. The molecule has 0 aliphatic rings. The number of aliphatic carboxylic acids is 1. The lowest BCUT2D eigenvalue weighted by atomic mass is 10.2. The summed E-state index contributed by atoms with van der Waals surface area (Å²) in [6.07, 6.45) is -4.90. The highest BCUT2D eigenvalue weighted by molar-refractivity contribution is 5.98. The van der Waals surface area contributed by atoms with Gasteiger partial charge in [-0.25, -0.2) is 9.59 Å². The highest BCUT2D eigenvalue weighted by Gasteiger charge is 2.29. The molecule has 0 aliphatic carbocycles. The van der Waals surface area contributed by atoms with Crippen LogP contribution in [0, 0.1) is 0 Å². The van der Waals surface area contributed by atoms with E-state index in [0.29, 0.717) is 5.75 Å². The summed E-state index contributed by atoms with van der Waals surface area (Å²) >= 11 is 0. The van der Waals surface area contributed by atoms with Crippen LogP contribution in [0.4, 0.5) is 0 Å². The van der Waals surface area contributed by atoms with Crippen molar-refractivity contribution in [3.63, 3.8) is 0 Å². The van der Waals surface area contributed by atoms with E-state index in [4.69, 9.17) is 14.9 Å². The summed E-state index contributed by atoms with van der Waals surface area (Å²) in [5.74, 6) is -4.29. The molecule has 152 valence electrons. The van der Waals surface area contributed by atoms with Gasteiger partial charge in [0, 0.05) is 0 Å². The van der Waals surface area contributed by atoms with E-state index in [-0.39, 0.29) is 22.0 Å². The minimum Gasteiger partial charge on any atom is -0.547 e. The Balaban J connectivity index is -0.000000376. The number of benzene rings is 1. The van der Waals surface area contributed by atoms with Gasteiger partial charge >= 0.3 is 11.9 Å². The van der Waals surface area contributed by atoms with Crippen LogP contribution >= 0.6 is 0 Å². The van der Waals surface area contributed by atoms with E-state index in [9.17, 15) is 19.5 Å². The number of ether oxygens (including phenoxy) is 2. The lowest BCUT2D eigenvalue weighted by Gasteiger charge is -2.16. The first-order valence-electron chi connectivity index (χ1n) is 6.49. The second-order valence-electron chi connectivity index (χ2n) is 4.22. The Morgan fingerprint density at radius 1 is 1.00 bits per heavy atom. The minimum absolute atomic E-state index is 0. The number of carbonyl (C=O) groups is 3. The predicted molar refractivity (Wildman–Crippen MR) is 85.1 cm³/mol. The molecule has 26 heavy (non-hydrogen) atoms. The van der Waals surface area contributed by atoms with Crippen LogP contribution in [0.15, 0.2) is 24.3 Å². The zero-order valence-corrected chi connectivity index (χ0v) is 14.4. The molecule has 0 saturated heterocycles. The van der Waals surface area contributed by atoms with Gasteiger partial charge in [-0.05, 0) is 24.3 Å². The number of carboxylic acid groups (broad SMARTS) is 1. The topological polar surface area (TPSA) is 244 Å². The summed E-state index contributed by atoms with van der Waals surface area (Å²) in [6, 6.07) is 5.48. The fourth-order valence-corrected chi connectivity index (χ4v) is 1.20. The molecule has 1 aromatic rings. The van der Waals surface area contributed by atoms with E-state index >= 15 is 0 Å². The van der Waals surface area contributed by atoms with Crippen LogP contribution in [0.2, 0.25) is 0 Å². The van der Waals surface area contributed by atoms with Gasteiger partial charge in [-0.3, -0.25) is 0 Å². The van der Waals surface area contributed by atoms with Crippen molar-refractivity contribution in [3.8, 4) is 5.75 Å². The fraction of sp³-hybridized carbons (Fsp3) is 0.357. The van der Waals surface area contributed by atoms with Crippen LogP contribution in [0.1, 0.15) is 10.4 Å². The monoisotopic (exact) mass is 383 g/mol. The Labute approximate surface area is 148 Å². The van der Waals surface area contributed by atoms with Crippen molar-refractivity contribution in [2.45, 2.75) is 12.2 Å². The van der Waals surface area contributed by atoms with Gasteiger partial charge in [0.1, 0.15) is 11.9 Å². The highest BCUT2D eigenvalue weighted by atomic mass is 16.6. The molecule has 0 aromatic heterocycles. The minimum atomic E-state index is -2.48. The highest BCUT2D eigenvalue weighted by Crippen LogP contribution is 2.12. The van der Waals surface area contributed by atoms with Gasteiger partial charge in [0.15, 0.2) is 6.10 Å². The van der Waals surface area contributed by atoms with Crippen molar-refractivity contribution < 1.29 is 60.9 Å². The number of carbonyl (C=O) groups excluding carboxylic acids is 3. The van der Waals surface area contributed by atoms with E-state index in [2.05, 4.69) is 4.74 Å². The number of rotatable bonds is 5. The molecule has 10 N–H and O–H groups in total. The molecule has 2 atom stereocenters. The van der Waals surface area contributed by atoms with Crippen molar-refractivity contribution in [1.82, 2.24) is 0 Å². The van der Waals surface area contributed by atoms with Crippen LogP contribution in [0.3, 0.4) is 0 Å². The van der Waals surface area contributed by atoms with Crippen LogP contribution in [0.25, 0.3) is 0 Å². The maximum Gasteiger partial charge on any atom is 0.346 e. The predicted octanol–water partition coefficient (Wildman–Crippen LogP) is -5.81. The molecule has 0 saturated carbocycles. The maximum atomic E-state index is 11.5. The standard InChI is InChI=1S/C12H12O8.C2H7N.3H2O/c1-19-7-4-2-6(3-5-7)11(17)20-12(18)9(14)8(13)10(15)16;1-3-2;;;/h2-5,8-9,13-14H,1H3,(H,15,16);3H,1-2H3;3*1H2/t8-,9-;;;;/m0..../s1. The summed E-state index contributed by atoms with van der Waals surface area (Å²) < 4.78 is 9.08. The molecule has 0 spiro atoms. The fourth-order valence-electron chi connectivity index (χ4n) is 1.20. The SMILES string of the molecule is COc1ccc(C(=O)OC(=O)[C@@H](O)[C@H](O)C(=O)[O-])cc1.C[NH2+]C.O.O.O. The molecule has 0 amide bonds. The molecule has 12 heteroatoms. The number of nitrogens with two attached hydrogens (primary N) is 1. The maximum absolute atomic E-state index is 11.5. The molecular weight excluding hydrogens is 358 g/mol. The van der Waals surface area contributed by atoms with Gasteiger partial charge in [-0.15, -0.1) is 0 Å². The van der Waals surface area contributed by atoms with E-state index < -0.39 is 30.1 Å². The molecule has 1 rings (SSSR count). The van der Waals surface area contributed by atoms with Crippen molar-refractivity contribution in [1.29, 1.82) is 0 Å².